The van der Waals surface area contributed by atoms with Gasteiger partial charge in [-0.3, -0.25) is 4.57 Å². The minimum atomic E-state index is -3.55. The third-order valence-electron chi connectivity index (χ3n) is 2.85. The van der Waals surface area contributed by atoms with Crippen LogP contribution in [-0.4, -0.2) is 33.9 Å². The van der Waals surface area contributed by atoms with E-state index in [1.807, 2.05) is 0 Å². The fourth-order valence-corrected chi connectivity index (χ4v) is 4.09. The van der Waals surface area contributed by atoms with Crippen molar-refractivity contribution in [2.45, 2.75) is 43.9 Å². The number of carbonyl (C=O) groups is 1. The third-order valence-corrected chi connectivity index (χ3v) is 5.35. The highest BCUT2D eigenvalue weighted by molar-refractivity contribution is 7.58. The third kappa shape index (κ3) is 3.59. The molecule has 88 valence electrons. The van der Waals surface area contributed by atoms with Gasteiger partial charge in [0.05, 0.1) is 11.8 Å². The number of carboxylic acid groups (broad SMARTS) is 1. The summed E-state index contributed by atoms with van der Waals surface area (Å²) in [5.74, 6) is -1.32. The first-order chi connectivity index (χ1) is 6.93. The first kappa shape index (κ1) is 12.7. The van der Waals surface area contributed by atoms with E-state index >= 15 is 0 Å². The summed E-state index contributed by atoms with van der Waals surface area (Å²) in [6, 6.07) is 0. The predicted molar refractivity (Wildman–Crippen MR) is 52.6 cm³/mol. The summed E-state index contributed by atoms with van der Waals surface area (Å²) in [5, 5.41) is 19.8. The minimum Gasteiger partial charge on any atom is -0.550 e. The van der Waals surface area contributed by atoms with Gasteiger partial charge in [0.2, 0.25) is 7.37 Å². The molecule has 2 N–H and O–H groups in total. The van der Waals surface area contributed by atoms with E-state index in [1.54, 1.807) is 0 Å². The molecule has 0 spiro atoms. The van der Waals surface area contributed by atoms with Crippen molar-refractivity contribution in [1.29, 1.82) is 0 Å². The lowest BCUT2D eigenvalue weighted by Crippen LogP contribution is -2.31. The van der Waals surface area contributed by atoms with Gasteiger partial charge in [-0.25, -0.2) is 0 Å². The fraction of sp³-hybridized carbons (Fsp3) is 0.889. The maximum Gasteiger partial charge on any atom is 0.206 e. The van der Waals surface area contributed by atoms with Crippen LogP contribution in [0.1, 0.15) is 32.1 Å². The van der Waals surface area contributed by atoms with Crippen LogP contribution >= 0.6 is 7.37 Å². The number of carboxylic acids is 1. The molecule has 5 nitrogen and oxygen atoms in total. The van der Waals surface area contributed by atoms with Crippen LogP contribution in [0.25, 0.3) is 0 Å². The molecule has 1 fully saturated rings. The van der Waals surface area contributed by atoms with Gasteiger partial charge in [-0.1, -0.05) is 12.8 Å². The van der Waals surface area contributed by atoms with Crippen molar-refractivity contribution >= 4 is 13.3 Å². The molecule has 0 aromatic carbocycles. The van der Waals surface area contributed by atoms with Gasteiger partial charge in [0, 0.05) is 12.1 Å². The molecule has 15 heavy (non-hydrogen) atoms. The predicted octanol–water partition coefficient (Wildman–Crippen LogP) is -0.300. The lowest BCUT2D eigenvalue weighted by molar-refractivity contribution is -0.305. The molecule has 1 unspecified atom stereocenters. The quantitative estimate of drug-likeness (QED) is 0.652. The van der Waals surface area contributed by atoms with E-state index in [0.717, 1.165) is 12.8 Å². The summed E-state index contributed by atoms with van der Waals surface area (Å²) in [6.07, 6.45) is 1.23. The molecule has 0 heterocycles. The molecular weight excluding hydrogens is 219 g/mol. The summed E-state index contributed by atoms with van der Waals surface area (Å²) >= 11 is 0. The molecule has 1 aliphatic carbocycles. The van der Waals surface area contributed by atoms with Gasteiger partial charge >= 0.3 is 0 Å². The standard InChI is InChI=1S/C9H17O5P/c10-7-3-1-2-4-8(7)15(13,14)6-5-9(11)12/h7-8,10H,1-6H2,(H,11,12)(H,13,14)/p-1/t7-,8+/m1/s1. The van der Waals surface area contributed by atoms with Crippen molar-refractivity contribution in [3.63, 3.8) is 0 Å². The number of rotatable bonds is 4. The van der Waals surface area contributed by atoms with Crippen LogP contribution in [0, 0.1) is 0 Å². The van der Waals surface area contributed by atoms with Crippen LogP contribution in [0.5, 0.6) is 0 Å². The fourth-order valence-electron chi connectivity index (χ4n) is 1.98. The normalized spacial score (nSPS) is 30.8. The van der Waals surface area contributed by atoms with Crippen molar-refractivity contribution in [3.05, 3.63) is 0 Å². The zero-order valence-electron chi connectivity index (χ0n) is 8.46. The average molecular weight is 235 g/mol. The van der Waals surface area contributed by atoms with Gasteiger partial charge in [-0.15, -0.1) is 0 Å². The monoisotopic (exact) mass is 235 g/mol. The molecule has 0 bridgehead atoms. The van der Waals surface area contributed by atoms with Crippen molar-refractivity contribution in [2.75, 3.05) is 6.16 Å². The molecule has 0 aromatic heterocycles. The number of aliphatic carboxylic acids is 1. The maximum atomic E-state index is 11.8. The molecule has 0 amide bonds. The first-order valence-electron chi connectivity index (χ1n) is 5.13. The van der Waals surface area contributed by atoms with E-state index in [2.05, 4.69) is 0 Å². The molecule has 0 aromatic rings. The molecule has 1 aliphatic rings. The molecule has 1 saturated carbocycles. The van der Waals surface area contributed by atoms with E-state index in [0.29, 0.717) is 12.8 Å². The van der Waals surface area contributed by atoms with E-state index in [-0.39, 0.29) is 6.16 Å². The number of hydrogen-bond donors (Lipinski definition) is 2. The summed E-state index contributed by atoms with van der Waals surface area (Å²) in [4.78, 5) is 19.9. The first-order valence-corrected chi connectivity index (χ1v) is 7.04. The SMILES string of the molecule is O=C([O-])CCP(=O)(O)[C@H]1CCCC[C@H]1O. The van der Waals surface area contributed by atoms with Crippen molar-refractivity contribution < 1.29 is 24.5 Å². The molecule has 0 saturated heterocycles. The van der Waals surface area contributed by atoms with E-state index in [4.69, 9.17) is 0 Å². The molecular formula is C9H16O5P-. The number of carbonyl (C=O) groups excluding carboxylic acids is 1. The second kappa shape index (κ2) is 5.10. The highest BCUT2D eigenvalue weighted by Crippen LogP contribution is 2.52. The summed E-state index contributed by atoms with van der Waals surface area (Å²) in [7, 11) is -3.55. The second-order valence-corrected chi connectivity index (χ2v) is 6.64. The van der Waals surface area contributed by atoms with Crippen LogP contribution in [0.15, 0.2) is 0 Å². The summed E-state index contributed by atoms with van der Waals surface area (Å²) < 4.78 is 11.8. The van der Waals surface area contributed by atoms with Crippen molar-refractivity contribution in [3.8, 4) is 0 Å². The maximum absolute atomic E-state index is 11.8. The van der Waals surface area contributed by atoms with Gasteiger partial charge in [0.25, 0.3) is 0 Å². The Morgan fingerprint density at radius 1 is 1.40 bits per heavy atom. The van der Waals surface area contributed by atoms with E-state index in [9.17, 15) is 24.5 Å². The number of hydrogen-bond acceptors (Lipinski definition) is 4. The van der Waals surface area contributed by atoms with E-state index in [1.165, 1.54) is 0 Å². The van der Waals surface area contributed by atoms with Crippen LogP contribution in [0.4, 0.5) is 0 Å². The van der Waals surface area contributed by atoms with Crippen molar-refractivity contribution in [2.24, 2.45) is 0 Å². The topological polar surface area (TPSA) is 97.7 Å². The highest BCUT2D eigenvalue weighted by Gasteiger charge is 2.37. The Bertz CT molecular complexity index is 278. The van der Waals surface area contributed by atoms with Crippen LogP contribution in [0.3, 0.4) is 0 Å². The lowest BCUT2D eigenvalue weighted by Gasteiger charge is -2.31. The van der Waals surface area contributed by atoms with Crippen LogP contribution < -0.4 is 5.11 Å². The van der Waals surface area contributed by atoms with Gasteiger partial charge in [0.1, 0.15) is 0 Å². The lowest BCUT2D eigenvalue weighted by atomic mass is 9.97. The Morgan fingerprint density at radius 3 is 2.53 bits per heavy atom. The molecule has 0 aliphatic heterocycles. The smallest absolute Gasteiger partial charge is 0.206 e. The Hall–Kier alpha value is -0.380. The Kier molecular flexibility index (Phi) is 4.32. The summed E-state index contributed by atoms with van der Waals surface area (Å²) in [6.45, 7) is 0. The molecule has 6 heteroatoms. The average Bonchev–Trinajstić information content (AvgIpc) is 2.15. The van der Waals surface area contributed by atoms with E-state index < -0.39 is 31.5 Å². The second-order valence-electron chi connectivity index (χ2n) is 4.02. The summed E-state index contributed by atoms with van der Waals surface area (Å²) in [5.41, 5.74) is -0.648. The Balaban J connectivity index is 2.58. The largest absolute Gasteiger partial charge is 0.550 e. The Labute approximate surface area is 88.6 Å². The van der Waals surface area contributed by atoms with Crippen molar-refractivity contribution in [1.82, 2.24) is 0 Å². The minimum absolute atomic E-state index is 0.295. The molecule has 1 rings (SSSR count). The van der Waals surface area contributed by atoms with Gasteiger partial charge in [-0.2, -0.15) is 0 Å². The van der Waals surface area contributed by atoms with Gasteiger partial charge in [-0.05, 0) is 19.3 Å². The number of aliphatic hydroxyl groups is 1. The van der Waals surface area contributed by atoms with Crippen LogP contribution in [0.2, 0.25) is 0 Å². The Morgan fingerprint density at radius 2 is 2.00 bits per heavy atom. The zero-order chi connectivity index (χ0) is 11.5. The zero-order valence-corrected chi connectivity index (χ0v) is 9.36. The molecule has 3 atom stereocenters. The van der Waals surface area contributed by atoms with Gasteiger partial charge < -0.3 is 19.9 Å². The highest BCUT2D eigenvalue weighted by atomic mass is 31.2. The number of aliphatic hydroxyl groups excluding tert-OH is 1. The molecule has 0 radical (unpaired) electrons. The van der Waals surface area contributed by atoms with Crippen LogP contribution in [-0.2, 0) is 9.36 Å². The van der Waals surface area contributed by atoms with Gasteiger partial charge in [0.15, 0.2) is 0 Å².